The van der Waals surface area contributed by atoms with Crippen LogP contribution in [0, 0.1) is 13.8 Å². The molecule has 162 valence electrons. The Morgan fingerprint density at radius 2 is 1.48 bits per heavy atom. The molecule has 6 heteroatoms. The normalized spacial score (nSPS) is 11.3. The average Bonchev–Trinajstić information content (AvgIpc) is 2.76. The fourth-order valence-corrected chi connectivity index (χ4v) is 4.28. The molecule has 0 aliphatic carbocycles. The maximum atomic E-state index is 12.5. The van der Waals surface area contributed by atoms with Crippen LogP contribution in [-0.4, -0.2) is 20.9 Å². The third kappa shape index (κ3) is 6.51. The maximum absolute atomic E-state index is 12.5. The minimum absolute atomic E-state index is 0.0621. The highest BCUT2D eigenvalue weighted by atomic mass is 32.2. The first-order valence-corrected chi connectivity index (χ1v) is 11.8. The van der Waals surface area contributed by atoms with Gasteiger partial charge in [-0.15, -0.1) is 0 Å². The summed E-state index contributed by atoms with van der Waals surface area (Å²) in [7, 11) is -3.56. The van der Waals surface area contributed by atoms with E-state index in [2.05, 4.69) is 10.0 Å². The van der Waals surface area contributed by atoms with E-state index in [4.69, 9.17) is 0 Å². The van der Waals surface area contributed by atoms with Gasteiger partial charge in [0.15, 0.2) is 0 Å². The van der Waals surface area contributed by atoms with Crippen molar-refractivity contribution in [2.75, 3.05) is 11.9 Å². The number of hydrogen-bond donors (Lipinski definition) is 2. The molecular weight excluding hydrogens is 408 g/mol. The van der Waals surface area contributed by atoms with Gasteiger partial charge in [-0.05, 0) is 67.1 Å². The van der Waals surface area contributed by atoms with Crippen LogP contribution in [0.25, 0.3) is 0 Å². The van der Waals surface area contributed by atoms with E-state index in [-0.39, 0.29) is 10.8 Å². The lowest BCUT2D eigenvalue weighted by Gasteiger charge is -2.11. The summed E-state index contributed by atoms with van der Waals surface area (Å²) < 4.78 is 27.6. The van der Waals surface area contributed by atoms with Crippen LogP contribution in [0.4, 0.5) is 5.69 Å². The van der Waals surface area contributed by atoms with Crippen molar-refractivity contribution >= 4 is 21.6 Å². The van der Waals surface area contributed by atoms with Gasteiger partial charge in [0.1, 0.15) is 0 Å². The molecule has 31 heavy (non-hydrogen) atoms. The first kappa shape index (κ1) is 22.7. The molecule has 0 spiro atoms. The number of anilines is 1. The molecule has 2 N–H and O–H groups in total. The van der Waals surface area contributed by atoms with Gasteiger partial charge in [0.2, 0.25) is 15.9 Å². The van der Waals surface area contributed by atoms with Crippen molar-refractivity contribution in [3.63, 3.8) is 0 Å². The van der Waals surface area contributed by atoms with Gasteiger partial charge in [-0.3, -0.25) is 4.79 Å². The first-order chi connectivity index (χ1) is 14.8. The molecule has 0 saturated heterocycles. The fourth-order valence-electron chi connectivity index (χ4n) is 3.25. The van der Waals surface area contributed by atoms with Crippen LogP contribution >= 0.6 is 0 Å². The summed E-state index contributed by atoms with van der Waals surface area (Å²) in [4.78, 5) is 12.5. The van der Waals surface area contributed by atoms with Crippen molar-refractivity contribution in [1.29, 1.82) is 0 Å². The molecule has 3 rings (SSSR count). The summed E-state index contributed by atoms with van der Waals surface area (Å²) in [6, 6.07) is 22.3. The molecule has 0 aromatic heterocycles. The smallest absolute Gasteiger partial charge is 0.240 e. The van der Waals surface area contributed by atoms with Crippen LogP contribution in [0.1, 0.15) is 28.7 Å². The largest absolute Gasteiger partial charge is 0.326 e. The monoisotopic (exact) mass is 436 g/mol. The van der Waals surface area contributed by atoms with Gasteiger partial charge in [0.25, 0.3) is 0 Å². The van der Waals surface area contributed by atoms with Crippen molar-refractivity contribution in [3.8, 4) is 0 Å². The predicted octanol–water partition coefficient (Wildman–Crippen LogP) is 4.40. The zero-order chi connectivity index (χ0) is 22.3. The Kier molecular flexibility index (Phi) is 7.60. The third-order valence-electron chi connectivity index (χ3n) is 5.30. The lowest BCUT2D eigenvalue weighted by atomic mass is 10.1. The lowest BCUT2D eigenvalue weighted by Crippen LogP contribution is -2.26. The van der Waals surface area contributed by atoms with E-state index in [1.807, 2.05) is 62.4 Å². The molecule has 0 heterocycles. The summed E-state index contributed by atoms with van der Waals surface area (Å²) >= 11 is 0. The maximum Gasteiger partial charge on any atom is 0.240 e. The minimum atomic E-state index is -3.56. The van der Waals surface area contributed by atoms with Crippen molar-refractivity contribution < 1.29 is 13.2 Å². The van der Waals surface area contributed by atoms with Gasteiger partial charge in [-0.2, -0.15) is 0 Å². The van der Waals surface area contributed by atoms with Gasteiger partial charge in [-0.1, -0.05) is 54.6 Å². The number of benzene rings is 3. The van der Waals surface area contributed by atoms with E-state index in [1.54, 1.807) is 24.3 Å². The zero-order valence-electron chi connectivity index (χ0n) is 17.9. The third-order valence-corrected chi connectivity index (χ3v) is 6.78. The molecule has 1 amide bonds. The minimum Gasteiger partial charge on any atom is -0.326 e. The Balaban J connectivity index is 1.51. The van der Waals surface area contributed by atoms with Crippen molar-refractivity contribution in [2.45, 2.75) is 38.0 Å². The standard InChI is InChI=1S/C25H28N2O3S/c1-19-7-6-10-24(20(19)2)27-25(28)16-13-22-11-14-23(15-12-22)31(29,30)26-18-17-21-8-4-3-5-9-21/h3-12,14-15,26H,13,16-18H2,1-2H3,(H,27,28). The molecule has 0 radical (unpaired) electrons. The highest BCUT2D eigenvalue weighted by Crippen LogP contribution is 2.18. The van der Waals surface area contributed by atoms with E-state index >= 15 is 0 Å². The van der Waals surface area contributed by atoms with E-state index in [0.717, 1.165) is 27.9 Å². The molecule has 3 aromatic rings. The van der Waals surface area contributed by atoms with E-state index in [9.17, 15) is 13.2 Å². The summed E-state index contributed by atoms with van der Waals surface area (Å²) in [5.41, 5.74) is 5.02. The van der Waals surface area contributed by atoms with Crippen LogP contribution in [-0.2, 0) is 27.7 Å². The second-order valence-corrected chi connectivity index (χ2v) is 9.34. The van der Waals surface area contributed by atoms with Gasteiger partial charge in [0.05, 0.1) is 4.90 Å². The van der Waals surface area contributed by atoms with Crippen molar-refractivity contribution in [1.82, 2.24) is 4.72 Å². The molecule has 0 aliphatic heterocycles. The molecule has 0 fully saturated rings. The number of hydrogen-bond acceptors (Lipinski definition) is 3. The Morgan fingerprint density at radius 3 is 2.19 bits per heavy atom. The Labute approximate surface area is 184 Å². The quantitative estimate of drug-likeness (QED) is 0.522. The molecule has 0 saturated carbocycles. The molecule has 5 nitrogen and oxygen atoms in total. The van der Waals surface area contributed by atoms with E-state index < -0.39 is 10.0 Å². The van der Waals surface area contributed by atoms with E-state index in [0.29, 0.717) is 25.8 Å². The topological polar surface area (TPSA) is 75.3 Å². The van der Waals surface area contributed by atoms with Crippen molar-refractivity contribution in [3.05, 3.63) is 95.1 Å². The van der Waals surface area contributed by atoms with Crippen LogP contribution in [0.15, 0.2) is 77.7 Å². The van der Waals surface area contributed by atoms with Gasteiger partial charge < -0.3 is 5.32 Å². The summed E-state index contributed by atoms with van der Waals surface area (Å²) in [6.45, 7) is 4.34. The average molecular weight is 437 g/mol. The van der Waals surface area contributed by atoms with Gasteiger partial charge in [0, 0.05) is 18.7 Å². The molecule has 0 unspecified atom stereocenters. The number of aryl methyl sites for hydroxylation is 2. The molecule has 0 bridgehead atoms. The molecule has 0 aliphatic rings. The summed E-state index contributed by atoms with van der Waals surface area (Å²) in [6.07, 6.45) is 1.50. The number of rotatable bonds is 9. The summed E-state index contributed by atoms with van der Waals surface area (Å²) in [5, 5.41) is 2.95. The highest BCUT2D eigenvalue weighted by molar-refractivity contribution is 7.89. The number of nitrogens with one attached hydrogen (secondary N) is 2. The van der Waals surface area contributed by atoms with Gasteiger partial charge in [-0.25, -0.2) is 13.1 Å². The Morgan fingerprint density at radius 1 is 0.806 bits per heavy atom. The summed E-state index contributed by atoms with van der Waals surface area (Å²) in [5.74, 6) is -0.0621. The SMILES string of the molecule is Cc1cccc(NC(=O)CCc2ccc(S(=O)(=O)NCCc3ccccc3)cc2)c1C. The fraction of sp³-hybridized carbons (Fsp3) is 0.240. The Hall–Kier alpha value is -2.96. The van der Waals surface area contributed by atoms with Crippen LogP contribution in [0.3, 0.4) is 0 Å². The zero-order valence-corrected chi connectivity index (χ0v) is 18.7. The first-order valence-electron chi connectivity index (χ1n) is 10.3. The molecular formula is C25H28N2O3S. The number of sulfonamides is 1. The molecule has 3 aromatic carbocycles. The second kappa shape index (κ2) is 10.4. The van der Waals surface area contributed by atoms with E-state index in [1.165, 1.54) is 0 Å². The van der Waals surface area contributed by atoms with Crippen molar-refractivity contribution in [2.24, 2.45) is 0 Å². The second-order valence-electron chi connectivity index (χ2n) is 7.57. The van der Waals surface area contributed by atoms with Crippen LogP contribution in [0.2, 0.25) is 0 Å². The highest BCUT2D eigenvalue weighted by Gasteiger charge is 2.13. The molecule has 0 atom stereocenters. The van der Waals surface area contributed by atoms with Gasteiger partial charge >= 0.3 is 0 Å². The number of carbonyl (C=O) groups excluding carboxylic acids is 1. The lowest BCUT2D eigenvalue weighted by molar-refractivity contribution is -0.116. The van der Waals surface area contributed by atoms with Crippen LogP contribution in [0.5, 0.6) is 0 Å². The number of carbonyl (C=O) groups is 1. The number of amides is 1. The predicted molar refractivity (Wildman–Crippen MR) is 125 cm³/mol. The van der Waals surface area contributed by atoms with Crippen LogP contribution < -0.4 is 10.0 Å². The Bertz CT molecular complexity index is 1130.